The van der Waals surface area contributed by atoms with Crippen LogP contribution in [0.1, 0.15) is 39.0 Å². The molecule has 0 aromatic heterocycles. The third-order valence-electron chi connectivity index (χ3n) is 4.99. The van der Waals surface area contributed by atoms with Crippen LogP contribution in [0.3, 0.4) is 0 Å². The van der Waals surface area contributed by atoms with E-state index in [1.165, 1.54) is 11.8 Å². The molecule has 0 aromatic rings. The van der Waals surface area contributed by atoms with Gasteiger partial charge in [-0.15, -0.1) is 0 Å². The summed E-state index contributed by atoms with van der Waals surface area (Å²) in [6, 6.07) is -4.14. The van der Waals surface area contributed by atoms with Gasteiger partial charge in [-0.2, -0.15) is 12.6 Å². The van der Waals surface area contributed by atoms with Crippen molar-refractivity contribution in [2.24, 2.45) is 11.5 Å². The maximum atomic E-state index is 12.7. The van der Waals surface area contributed by atoms with Crippen LogP contribution in [0.5, 0.6) is 0 Å². The molecule has 0 saturated carbocycles. The van der Waals surface area contributed by atoms with Crippen LogP contribution in [-0.4, -0.2) is 87.9 Å². The van der Waals surface area contributed by atoms with Crippen molar-refractivity contribution in [1.29, 1.82) is 0 Å². The Bertz CT molecular complexity index is 620. The van der Waals surface area contributed by atoms with Gasteiger partial charge in [-0.25, -0.2) is 4.79 Å². The maximum absolute atomic E-state index is 12.7. The van der Waals surface area contributed by atoms with Crippen LogP contribution in [0, 0.1) is 0 Å². The zero-order chi connectivity index (χ0) is 22.8. The van der Waals surface area contributed by atoms with Gasteiger partial charge in [0.25, 0.3) is 0 Å². The molecule has 1 aliphatic heterocycles. The number of carboxylic acids is 1. The van der Waals surface area contributed by atoms with Gasteiger partial charge in [0.1, 0.15) is 12.1 Å². The fourth-order valence-electron chi connectivity index (χ4n) is 3.25. The van der Waals surface area contributed by atoms with Crippen molar-refractivity contribution in [3.05, 3.63) is 0 Å². The second-order valence-electron chi connectivity index (χ2n) is 7.39. The Labute approximate surface area is 181 Å². The summed E-state index contributed by atoms with van der Waals surface area (Å²) in [5.74, 6) is -3.15. The van der Waals surface area contributed by atoms with Gasteiger partial charge in [0.15, 0.2) is 6.04 Å². The monoisotopic (exact) mass is 447 g/mol. The summed E-state index contributed by atoms with van der Waals surface area (Å²) in [5.41, 5.74) is 11.4. The standard InChI is InChI=1S/C18H33N5O6S/c1-10(24)14(18(28)29)22-15(25)12(9-30)21-16(26)13-6-4-8-23(13)17(27)11(20)5-2-3-7-19/h10-14,24,30H,2-9,19-20H2,1H3,(H,21,26)(H,22,25)(H,28,29). The van der Waals surface area contributed by atoms with Gasteiger partial charge >= 0.3 is 5.97 Å². The number of amides is 3. The van der Waals surface area contributed by atoms with Crippen molar-refractivity contribution < 1.29 is 29.4 Å². The second kappa shape index (κ2) is 12.7. The topological polar surface area (TPSA) is 188 Å². The highest BCUT2D eigenvalue weighted by Gasteiger charge is 2.37. The lowest BCUT2D eigenvalue weighted by Crippen LogP contribution is -2.58. The van der Waals surface area contributed by atoms with E-state index in [0.717, 1.165) is 6.42 Å². The van der Waals surface area contributed by atoms with E-state index in [1.54, 1.807) is 0 Å². The number of nitrogens with zero attached hydrogens (tertiary/aromatic N) is 1. The summed E-state index contributed by atoms with van der Waals surface area (Å²) in [7, 11) is 0. The largest absolute Gasteiger partial charge is 0.480 e. The smallest absolute Gasteiger partial charge is 0.328 e. The lowest BCUT2D eigenvalue weighted by Gasteiger charge is -2.28. The molecule has 1 heterocycles. The summed E-state index contributed by atoms with van der Waals surface area (Å²) >= 11 is 4.05. The van der Waals surface area contributed by atoms with Gasteiger partial charge in [-0.1, -0.05) is 6.42 Å². The molecule has 0 radical (unpaired) electrons. The first-order valence-corrected chi connectivity index (χ1v) is 10.7. The molecule has 12 heteroatoms. The van der Waals surface area contributed by atoms with Crippen LogP contribution < -0.4 is 22.1 Å². The Morgan fingerprint density at radius 3 is 2.43 bits per heavy atom. The van der Waals surface area contributed by atoms with Crippen molar-refractivity contribution in [2.75, 3.05) is 18.8 Å². The molecule has 5 unspecified atom stereocenters. The van der Waals surface area contributed by atoms with Crippen LogP contribution in [0.25, 0.3) is 0 Å². The zero-order valence-electron chi connectivity index (χ0n) is 17.1. The molecular formula is C18H33N5O6S. The molecule has 1 aliphatic rings. The Hall–Kier alpha value is -1.89. The van der Waals surface area contributed by atoms with E-state index in [2.05, 4.69) is 23.3 Å². The summed E-state index contributed by atoms with van der Waals surface area (Å²) in [5, 5.41) is 23.3. The normalized spacial score (nSPS) is 20.2. The minimum Gasteiger partial charge on any atom is -0.480 e. The first-order chi connectivity index (χ1) is 14.1. The number of aliphatic carboxylic acids is 1. The number of carbonyl (C=O) groups excluding carboxylic acids is 3. The van der Waals surface area contributed by atoms with Crippen LogP contribution in [0.15, 0.2) is 0 Å². The first-order valence-electron chi connectivity index (χ1n) is 10.0. The maximum Gasteiger partial charge on any atom is 0.328 e. The minimum absolute atomic E-state index is 0.0943. The number of hydrogen-bond acceptors (Lipinski definition) is 8. The summed E-state index contributed by atoms with van der Waals surface area (Å²) in [4.78, 5) is 50.3. The van der Waals surface area contributed by atoms with E-state index in [9.17, 15) is 24.3 Å². The number of unbranched alkanes of at least 4 members (excludes halogenated alkanes) is 1. The number of nitrogens with two attached hydrogens (primary N) is 2. The van der Waals surface area contributed by atoms with Crippen molar-refractivity contribution in [2.45, 2.75) is 69.3 Å². The Balaban J connectivity index is 2.74. The fraction of sp³-hybridized carbons (Fsp3) is 0.778. The van der Waals surface area contributed by atoms with Gasteiger partial charge < -0.3 is 37.2 Å². The predicted molar refractivity (Wildman–Crippen MR) is 113 cm³/mol. The summed E-state index contributed by atoms with van der Waals surface area (Å²) < 4.78 is 0. The van der Waals surface area contributed by atoms with Crippen molar-refractivity contribution in [3.63, 3.8) is 0 Å². The van der Waals surface area contributed by atoms with Crippen molar-refractivity contribution in [3.8, 4) is 0 Å². The average molecular weight is 448 g/mol. The van der Waals surface area contributed by atoms with E-state index in [0.29, 0.717) is 38.8 Å². The minimum atomic E-state index is -1.52. The van der Waals surface area contributed by atoms with E-state index in [1.807, 2.05) is 0 Å². The van der Waals surface area contributed by atoms with Gasteiger partial charge in [-0.05, 0) is 39.2 Å². The average Bonchev–Trinajstić information content (AvgIpc) is 3.18. The number of rotatable bonds is 12. The summed E-state index contributed by atoms with van der Waals surface area (Å²) in [6.45, 7) is 2.13. The molecule has 8 N–H and O–H groups in total. The molecule has 11 nitrogen and oxygen atoms in total. The van der Waals surface area contributed by atoms with Gasteiger partial charge in [0.2, 0.25) is 17.7 Å². The predicted octanol–water partition coefficient (Wildman–Crippen LogP) is -2.20. The quantitative estimate of drug-likeness (QED) is 0.130. The second-order valence-corrected chi connectivity index (χ2v) is 7.75. The SMILES string of the molecule is CC(O)C(NC(=O)C(CS)NC(=O)C1CCCN1C(=O)C(N)CCCCN)C(=O)O. The highest BCUT2D eigenvalue weighted by Crippen LogP contribution is 2.19. The number of hydrogen-bond donors (Lipinski definition) is 7. The first kappa shape index (κ1) is 26.1. The molecule has 1 rings (SSSR count). The number of aliphatic hydroxyl groups is 1. The van der Waals surface area contributed by atoms with Crippen molar-refractivity contribution in [1.82, 2.24) is 15.5 Å². The number of carboxylic acid groups (broad SMARTS) is 1. The molecule has 0 aliphatic carbocycles. The molecule has 0 spiro atoms. The van der Waals surface area contributed by atoms with Gasteiger partial charge in [-0.3, -0.25) is 14.4 Å². The van der Waals surface area contributed by atoms with Gasteiger partial charge in [0, 0.05) is 12.3 Å². The molecule has 1 saturated heterocycles. The number of nitrogens with one attached hydrogen (secondary N) is 2. The molecule has 172 valence electrons. The van der Waals surface area contributed by atoms with E-state index >= 15 is 0 Å². The van der Waals surface area contributed by atoms with Gasteiger partial charge in [0.05, 0.1) is 12.1 Å². The third-order valence-corrected chi connectivity index (χ3v) is 5.35. The Kier molecular flexibility index (Phi) is 11.1. The Morgan fingerprint density at radius 1 is 1.23 bits per heavy atom. The molecule has 0 aromatic carbocycles. The number of carbonyl (C=O) groups is 4. The zero-order valence-corrected chi connectivity index (χ0v) is 18.0. The van der Waals surface area contributed by atoms with E-state index < -0.39 is 48.1 Å². The lowest BCUT2D eigenvalue weighted by atomic mass is 10.1. The van der Waals surface area contributed by atoms with Crippen LogP contribution in [0.4, 0.5) is 0 Å². The van der Waals surface area contributed by atoms with Crippen molar-refractivity contribution >= 4 is 36.3 Å². The highest BCUT2D eigenvalue weighted by molar-refractivity contribution is 7.80. The number of aliphatic hydroxyl groups excluding tert-OH is 1. The molecule has 3 amide bonds. The molecule has 30 heavy (non-hydrogen) atoms. The molecule has 5 atom stereocenters. The van der Waals surface area contributed by atoms with E-state index in [4.69, 9.17) is 16.6 Å². The van der Waals surface area contributed by atoms with Crippen LogP contribution >= 0.6 is 12.6 Å². The van der Waals surface area contributed by atoms with E-state index in [-0.39, 0.29) is 11.7 Å². The van der Waals surface area contributed by atoms with Crippen LogP contribution in [0.2, 0.25) is 0 Å². The summed E-state index contributed by atoms with van der Waals surface area (Å²) in [6.07, 6.45) is 1.67. The molecule has 1 fully saturated rings. The van der Waals surface area contributed by atoms with Crippen LogP contribution in [-0.2, 0) is 19.2 Å². The highest BCUT2D eigenvalue weighted by atomic mass is 32.1. The lowest BCUT2D eigenvalue weighted by molar-refractivity contribution is -0.145. The number of likely N-dealkylation sites (tertiary alicyclic amines) is 1. The third kappa shape index (κ3) is 7.42. The molecule has 0 bridgehead atoms. The Morgan fingerprint density at radius 2 is 1.90 bits per heavy atom. The molecular weight excluding hydrogens is 414 g/mol. The number of thiol groups is 1. The fourth-order valence-corrected chi connectivity index (χ4v) is 3.51.